The van der Waals surface area contributed by atoms with Gasteiger partial charge in [-0.3, -0.25) is 9.80 Å². The molecule has 0 amide bonds. The second kappa shape index (κ2) is 9.82. The maximum atomic E-state index is 11.6. The SMILES string of the molecule is COC(=O)c1ccc(CN2CCN(Cc3ccccc3C)[C@@H](CCO)C2)cc1. The Labute approximate surface area is 167 Å². The summed E-state index contributed by atoms with van der Waals surface area (Å²) < 4.78 is 4.76. The van der Waals surface area contributed by atoms with Crippen molar-refractivity contribution in [3.63, 3.8) is 0 Å². The Morgan fingerprint density at radius 3 is 2.54 bits per heavy atom. The minimum atomic E-state index is -0.306. The van der Waals surface area contributed by atoms with E-state index in [1.165, 1.54) is 23.8 Å². The van der Waals surface area contributed by atoms with Gasteiger partial charge in [-0.25, -0.2) is 4.79 Å². The number of nitrogens with zero attached hydrogens (tertiary/aromatic N) is 2. The van der Waals surface area contributed by atoms with Crippen molar-refractivity contribution in [3.05, 3.63) is 70.8 Å². The first-order valence-electron chi connectivity index (χ1n) is 9.89. The zero-order valence-electron chi connectivity index (χ0n) is 16.8. The van der Waals surface area contributed by atoms with Crippen molar-refractivity contribution < 1.29 is 14.6 Å². The Kier molecular flexibility index (Phi) is 7.20. The van der Waals surface area contributed by atoms with Gasteiger partial charge in [0.1, 0.15) is 0 Å². The average Bonchev–Trinajstić information content (AvgIpc) is 2.71. The number of carbonyl (C=O) groups is 1. The van der Waals surface area contributed by atoms with Crippen LogP contribution in [-0.2, 0) is 17.8 Å². The lowest BCUT2D eigenvalue weighted by Gasteiger charge is -2.41. The van der Waals surface area contributed by atoms with Gasteiger partial charge in [0.05, 0.1) is 12.7 Å². The number of piperazine rings is 1. The number of benzene rings is 2. The van der Waals surface area contributed by atoms with E-state index in [-0.39, 0.29) is 12.6 Å². The fourth-order valence-corrected chi connectivity index (χ4v) is 3.86. The molecule has 1 aliphatic rings. The number of methoxy groups -OCH3 is 1. The fourth-order valence-electron chi connectivity index (χ4n) is 3.86. The Bertz CT molecular complexity index is 776. The summed E-state index contributed by atoms with van der Waals surface area (Å²) in [6.07, 6.45) is 0.781. The smallest absolute Gasteiger partial charge is 0.337 e. The van der Waals surface area contributed by atoms with Gasteiger partial charge in [-0.1, -0.05) is 36.4 Å². The van der Waals surface area contributed by atoms with Crippen molar-refractivity contribution in [1.82, 2.24) is 9.80 Å². The normalized spacial score (nSPS) is 18.2. The molecule has 0 saturated carbocycles. The van der Waals surface area contributed by atoms with E-state index in [0.29, 0.717) is 11.6 Å². The molecule has 1 heterocycles. The van der Waals surface area contributed by atoms with E-state index < -0.39 is 0 Å². The van der Waals surface area contributed by atoms with Crippen LogP contribution in [0.15, 0.2) is 48.5 Å². The number of hydrogen-bond acceptors (Lipinski definition) is 5. The molecule has 5 nitrogen and oxygen atoms in total. The predicted octanol–water partition coefficient (Wildman–Crippen LogP) is 2.85. The molecule has 1 saturated heterocycles. The molecule has 0 bridgehead atoms. The van der Waals surface area contributed by atoms with Crippen LogP contribution in [0.2, 0.25) is 0 Å². The maximum absolute atomic E-state index is 11.6. The van der Waals surface area contributed by atoms with Crippen molar-refractivity contribution in [2.75, 3.05) is 33.4 Å². The summed E-state index contributed by atoms with van der Waals surface area (Å²) in [7, 11) is 1.40. The summed E-state index contributed by atoms with van der Waals surface area (Å²) in [6.45, 7) is 7.05. The summed E-state index contributed by atoms with van der Waals surface area (Å²) in [5.74, 6) is -0.306. The number of ether oxygens (including phenoxy) is 1. The first-order valence-corrected chi connectivity index (χ1v) is 9.89. The third-order valence-electron chi connectivity index (χ3n) is 5.57. The molecule has 150 valence electrons. The van der Waals surface area contributed by atoms with Crippen molar-refractivity contribution in [3.8, 4) is 0 Å². The number of aryl methyl sites for hydroxylation is 1. The van der Waals surface area contributed by atoms with E-state index >= 15 is 0 Å². The number of aliphatic hydroxyl groups excluding tert-OH is 1. The summed E-state index contributed by atoms with van der Waals surface area (Å²) in [4.78, 5) is 16.5. The van der Waals surface area contributed by atoms with Crippen LogP contribution in [0.1, 0.15) is 33.5 Å². The van der Waals surface area contributed by atoms with E-state index in [1.807, 2.05) is 24.3 Å². The van der Waals surface area contributed by atoms with Crippen LogP contribution in [0, 0.1) is 6.92 Å². The first-order chi connectivity index (χ1) is 13.6. The summed E-state index contributed by atoms with van der Waals surface area (Å²) >= 11 is 0. The number of carbonyl (C=O) groups excluding carboxylic acids is 1. The van der Waals surface area contributed by atoms with Gasteiger partial charge in [0.25, 0.3) is 0 Å². The van der Waals surface area contributed by atoms with Crippen LogP contribution in [0.5, 0.6) is 0 Å². The number of hydrogen-bond donors (Lipinski definition) is 1. The average molecular weight is 383 g/mol. The third-order valence-corrected chi connectivity index (χ3v) is 5.57. The van der Waals surface area contributed by atoms with E-state index in [9.17, 15) is 9.90 Å². The molecule has 1 fully saturated rings. The Morgan fingerprint density at radius 2 is 1.86 bits per heavy atom. The van der Waals surface area contributed by atoms with E-state index in [1.54, 1.807) is 0 Å². The molecular weight excluding hydrogens is 352 g/mol. The van der Waals surface area contributed by atoms with E-state index in [2.05, 4.69) is 41.0 Å². The third kappa shape index (κ3) is 5.19. The van der Waals surface area contributed by atoms with Crippen LogP contribution in [0.3, 0.4) is 0 Å². The van der Waals surface area contributed by atoms with Gasteiger partial charge >= 0.3 is 5.97 Å². The first kappa shape index (κ1) is 20.5. The molecule has 0 spiro atoms. The van der Waals surface area contributed by atoms with E-state index in [4.69, 9.17) is 4.74 Å². The Balaban J connectivity index is 1.62. The minimum Gasteiger partial charge on any atom is -0.465 e. The van der Waals surface area contributed by atoms with Gasteiger partial charge in [0.2, 0.25) is 0 Å². The minimum absolute atomic E-state index is 0.205. The van der Waals surface area contributed by atoms with Crippen LogP contribution in [0.25, 0.3) is 0 Å². The van der Waals surface area contributed by atoms with Crippen LogP contribution >= 0.6 is 0 Å². The Morgan fingerprint density at radius 1 is 1.11 bits per heavy atom. The van der Waals surface area contributed by atoms with Crippen molar-refractivity contribution in [2.45, 2.75) is 32.5 Å². The van der Waals surface area contributed by atoms with Crippen LogP contribution < -0.4 is 0 Å². The number of esters is 1. The predicted molar refractivity (Wildman–Crippen MR) is 110 cm³/mol. The van der Waals surface area contributed by atoms with Gasteiger partial charge in [-0.15, -0.1) is 0 Å². The molecular formula is C23H30N2O3. The molecule has 5 heteroatoms. The monoisotopic (exact) mass is 382 g/mol. The van der Waals surface area contributed by atoms with Gasteiger partial charge in [-0.05, 0) is 42.2 Å². The summed E-state index contributed by atoms with van der Waals surface area (Å²) in [5, 5.41) is 9.55. The van der Waals surface area contributed by atoms with Gasteiger partial charge in [-0.2, -0.15) is 0 Å². The van der Waals surface area contributed by atoms with Crippen LogP contribution in [-0.4, -0.2) is 60.3 Å². The van der Waals surface area contributed by atoms with Crippen molar-refractivity contribution >= 4 is 5.97 Å². The molecule has 0 unspecified atom stereocenters. The lowest BCUT2D eigenvalue weighted by molar-refractivity contribution is 0.0498. The van der Waals surface area contributed by atoms with Crippen molar-refractivity contribution in [2.24, 2.45) is 0 Å². The molecule has 2 aromatic carbocycles. The topological polar surface area (TPSA) is 53.0 Å². The largest absolute Gasteiger partial charge is 0.465 e. The van der Waals surface area contributed by atoms with Crippen molar-refractivity contribution in [1.29, 1.82) is 0 Å². The highest BCUT2D eigenvalue weighted by Gasteiger charge is 2.27. The number of aliphatic hydroxyl groups is 1. The standard InChI is InChI=1S/C23H30N2O3/c1-18-5-3-4-6-21(18)16-25-13-12-24(17-22(25)11-14-26)15-19-7-9-20(10-8-19)23(27)28-2/h3-10,22,26H,11-17H2,1-2H3/t22-/m0/s1. The lowest BCUT2D eigenvalue weighted by Crippen LogP contribution is -2.52. The molecule has 2 aromatic rings. The molecule has 28 heavy (non-hydrogen) atoms. The summed E-state index contributed by atoms with van der Waals surface area (Å²) in [6, 6.07) is 16.5. The highest BCUT2D eigenvalue weighted by atomic mass is 16.5. The quantitative estimate of drug-likeness (QED) is 0.747. The zero-order valence-corrected chi connectivity index (χ0v) is 16.8. The lowest BCUT2D eigenvalue weighted by atomic mass is 10.0. The molecule has 1 aliphatic heterocycles. The molecule has 3 rings (SSSR count). The second-order valence-corrected chi connectivity index (χ2v) is 7.49. The number of rotatable bonds is 7. The highest BCUT2D eigenvalue weighted by Crippen LogP contribution is 2.20. The molecule has 0 aliphatic carbocycles. The highest BCUT2D eigenvalue weighted by molar-refractivity contribution is 5.89. The molecule has 0 radical (unpaired) electrons. The van der Waals surface area contributed by atoms with Gasteiger partial charge in [0, 0.05) is 45.4 Å². The molecule has 1 atom stereocenters. The summed E-state index contributed by atoms with van der Waals surface area (Å²) in [5.41, 5.74) is 4.44. The fraction of sp³-hybridized carbons (Fsp3) is 0.435. The molecule has 0 aromatic heterocycles. The Hall–Kier alpha value is -2.21. The maximum Gasteiger partial charge on any atom is 0.337 e. The second-order valence-electron chi connectivity index (χ2n) is 7.49. The van der Waals surface area contributed by atoms with Gasteiger partial charge < -0.3 is 9.84 Å². The molecule has 1 N–H and O–H groups in total. The van der Waals surface area contributed by atoms with E-state index in [0.717, 1.165) is 39.1 Å². The van der Waals surface area contributed by atoms with Gasteiger partial charge in [0.15, 0.2) is 0 Å². The van der Waals surface area contributed by atoms with Crippen LogP contribution in [0.4, 0.5) is 0 Å². The zero-order chi connectivity index (χ0) is 19.9.